The van der Waals surface area contributed by atoms with Crippen LogP contribution in [0.1, 0.15) is 5.56 Å². The minimum atomic E-state index is -0.817. The van der Waals surface area contributed by atoms with Crippen molar-refractivity contribution in [2.45, 2.75) is 0 Å². The van der Waals surface area contributed by atoms with Gasteiger partial charge in [0.15, 0.2) is 0 Å². The fourth-order valence-corrected chi connectivity index (χ4v) is 4.18. The highest BCUT2D eigenvalue weighted by molar-refractivity contribution is 9.11. The summed E-state index contributed by atoms with van der Waals surface area (Å²) in [6, 6.07) is 8.93. The number of urea groups is 1. The molecular weight excluding hydrogens is 520 g/mol. The minimum absolute atomic E-state index is 0.177. The Hall–Kier alpha value is -2.91. The van der Waals surface area contributed by atoms with E-state index in [1.807, 2.05) is 0 Å². The standard InChI is InChI=1S/C21H16Br2N2O5/c1-3-8-30-18-16(22)10-12(11-17(18)23)9-15-19(26)24-21(28)25(20(15)27)13-4-6-14(29-2)7-5-13/h3-7,9-11H,1,8H2,2H3,(H,24,26,28)/b15-9-. The van der Waals surface area contributed by atoms with E-state index in [-0.39, 0.29) is 5.57 Å². The molecule has 0 bridgehead atoms. The second-order valence-corrected chi connectivity index (χ2v) is 7.78. The fourth-order valence-electron chi connectivity index (χ4n) is 2.73. The van der Waals surface area contributed by atoms with Crippen LogP contribution >= 0.6 is 31.9 Å². The molecule has 1 aliphatic rings. The van der Waals surface area contributed by atoms with Crippen LogP contribution in [-0.4, -0.2) is 31.6 Å². The largest absolute Gasteiger partial charge is 0.497 e. The van der Waals surface area contributed by atoms with Crippen molar-refractivity contribution in [2.24, 2.45) is 0 Å². The third kappa shape index (κ3) is 4.47. The Balaban J connectivity index is 1.97. The Labute approximate surface area is 189 Å². The van der Waals surface area contributed by atoms with Crippen molar-refractivity contribution in [1.82, 2.24) is 5.32 Å². The molecule has 9 heteroatoms. The molecule has 0 saturated carbocycles. The van der Waals surface area contributed by atoms with Crippen molar-refractivity contribution in [3.63, 3.8) is 0 Å². The highest BCUT2D eigenvalue weighted by Gasteiger charge is 2.36. The zero-order valence-electron chi connectivity index (χ0n) is 15.8. The second-order valence-electron chi connectivity index (χ2n) is 6.07. The minimum Gasteiger partial charge on any atom is -0.497 e. The number of barbiturate groups is 1. The van der Waals surface area contributed by atoms with Gasteiger partial charge in [-0.25, -0.2) is 9.69 Å². The second kappa shape index (κ2) is 9.27. The average Bonchev–Trinajstić information content (AvgIpc) is 2.71. The number of rotatable bonds is 6. The molecule has 7 nitrogen and oxygen atoms in total. The first-order valence-corrected chi connectivity index (χ1v) is 10.2. The third-order valence-electron chi connectivity index (χ3n) is 4.11. The smallest absolute Gasteiger partial charge is 0.335 e. The number of methoxy groups -OCH3 is 1. The molecule has 0 radical (unpaired) electrons. The van der Waals surface area contributed by atoms with Crippen molar-refractivity contribution in [1.29, 1.82) is 0 Å². The Morgan fingerprint density at radius 2 is 1.73 bits per heavy atom. The number of amides is 4. The van der Waals surface area contributed by atoms with E-state index in [1.54, 1.807) is 42.5 Å². The first-order valence-electron chi connectivity index (χ1n) is 8.64. The Morgan fingerprint density at radius 1 is 1.10 bits per heavy atom. The number of carbonyl (C=O) groups is 3. The molecule has 1 saturated heterocycles. The molecule has 154 valence electrons. The van der Waals surface area contributed by atoms with E-state index in [9.17, 15) is 14.4 Å². The van der Waals surface area contributed by atoms with Crippen LogP contribution in [0.2, 0.25) is 0 Å². The van der Waals surface area contributed by atoms with Crippen LogP contribution in [0.4, 0.5) is 10.5 Å². The number of hydrogen-bond acceptors (Lipinski definition) is 5. The molecule has 1 fully saturated rings. The Kier molecular flexibility index (Phi) is 6.73. The summed E-state index contributed by atoms with van der Waals surface area (Å²) in [5.41, 5.74) is 0.693. The summed E-state index contributed by atoms with van der Waals surface area (Å²) in [4.78, 5) is 38.5. The van der Waals surface area contributed by atoms with E-state index in [0.717, 1.165) is 4.90 Å². The average molecular weight is 536 g/mol. The van der Waals surface area contributed by atoms with Gasteiger partial charge in [0.05, 0.1) is 21.7 Å². The third-order valence-corrected chi connectivity index (χ3v) is 5.29. The van der Waals surface area contributed by atoms with Crippen molar-refractivity contribution in [2.75, 3.05) is 18.6 Å². The topological polar surface area (TPSA) is 84.9 Å². The number of ether oxygens (including phenoxy) is 2. The Morgan fingerprint density at radius 3 is 2.30 bits per heavy atom. The van der Waals surface area contributed by atoms with Crippen molar-refractivity contribution >= 4 is 61.5 Å². The lowest BCUT2D eigenvalue weighted by Gasteiger charge is -2.26. The van der Waals surface area contributed by atoms with Gasteiger partial charge >= 0.3 is 6.03 Å². The van der Waals surface area contributed by atoms with Gasteiger partial charge in [-0.3, -0.25) is 14.9 Å². The number of nitrogens with zero attached hydrogens (tertiary/aromatic N) is 1. The molecule has 30 heavy (non-hydrogen) atoms. The lowest BCUT2D eigenvalue weighted by molar-refractivity contribution is -0.122. The molecule has 0 unspecified atom stereocenters. The van der Waals surface area contributed by atoms with Gasteiger partial charge in [-0.1, -0.05) is 12.7 Å². The van der Waals surface area contributed by atoms with Crippen LogP contribution in [0.25, 0.3) is 6.08 Å². The van der Waals surface area contributed by atoms with Crippen LogP contribution in [0.3, 0.4) is 0 Å². The van der Waals surface area contributed by atoms with Crippen LogP contribution in [0.5, 0.6) is 11.5 Å². The van der Waals surface area contributed by atoms with Crippen LogP contribution in [0, 0.1) is 0 Å². The van der Waals surface area contributed by atoms with Gasteiger partial charge < -0.3 is 9.47 Å². The summed E-state index contributed by atoms with van der Waals surface area (Å²) in [5.74, 6) is -0.363. The number of nitrogens with one attached hydrogen (secondary N) is 1. The number of carbonyl (C=O) groups excluding carboxylic acids is 3. The summed E-state index contributed by atoms with van der Waals surface area (Å²) in [7, 11) is 1.51. The number of halogens is 2. The lowest BCUT2D eigenvalue weighted by Crippen LogP contribution is -2.54. The van der Waals surface area contributed by atoms with E-state index in [2.05, 4.69) is 43.8 Å². The molecule has 0 atom stereocenters. The number of hydrogen-bond donors (Lipinski definition) is 1. The summed E-state index contributed by atoms with van der Waals surface area (Å²) < 4.78 is 11.9. The van der Waals surface area contributed by atoms with Gasteiger partial charge in [0, 0.05) is 0 Å². The van der Waals surface area contributed by atoms with E-state index < -0.39 is 17.8 Å². The van der Waals surface area contributed by atoms with Gasteiger partial charge in [0.25, 0.3) is 11.8 Å². The maximum Gasteiger partial charge on any atom is 0.335 e. The molecule has 1 heterocycles. The molecule has 2 aromatic rings. The zero-order chi connectivity index (χ0) is 21.8. The molecule has 1 aliphatic heterocycles. The zero-order valence-corrected chi connectivity index (χ0v) is 18.9. The van der Waals surface area contributed by atoms with E-state index >= 15 is 0 Å². The quantitative estimate of drug-likeness (QED) is 0.335. The molecule has 0 aliphatic carbocycles. The SMILES string of the molecule is C=CCOc1c(Br)cc(/C=C2/C(=O)NC(=O)N(c3ccc(OC)cc3)C2=O)cc1Br. The van der Waals surface area contributed by atoms with Crippen molar-refractivity contribution in [3.05, 3.63) is 69.1 Å². The highest BCUT2D eigenvalue weighted by Crippen LogP contribution is 2.35. The van der Waals surface area contributed by atoms with E-state index in [4.69, 9.17) is 9.47 Å². The van der Waals surface area contributed by atoms with Crippen LogP contribution in [-0.2, 0) is 9.59 Å². The number of benzene rings is 2. The Bertz CT molecular complexity index is 1040. The van der Waals surface area contributed by atoms with Gasteiger partial charge in [0.1, 0.15) is 23.7 Å². The van der Waals surface area contributed by atoms with Crippen LogP contribution in [0.15, 0.2) is 63.6 Å². The van der Waals surface area contributed by atoms with Crippen molar-refractivity contribution in [3.8, 4) is 11.5 Å². The maximum atomic E-state index is 13.0. The molecular formula is C21H16Br2N2O5. The molecule has 2 aromatic carbocycles. The highest BCUT2D eigenvalue weighted by atomic mass is 79.9. The van der Waals surface area contributed by atoms with Crippen LogP contribution < -0.4 is 19.7 Å². The van der Waals surface area contributed by atoms with Gasteiger partial charge in [0.2, 0.25) is 0 Å². The molecule has 1 N–H and O–H groups in total. The van der Waals surface area contributed by atoms with E-state index in [0.29, 0.717) is 38.3 Å². The molecule has 3 rings (SSSR count). The number of imide groups is 2. The first kappa shape index (κ1) is 21.8. The predicted molar refractivity (Wildman–Crippen MR) is 120 cm³/mol. The van der Waals surface area contributed by atoms with Gasteiger partial charge in [-0.2, -0.15) is 0 Å². The van der Waals surface area contributed by atoms with Crippen molar-refractivity contribution < 1.29 is 23.9 Å². The summed E-state index contributed by atoms with van der Waals surface area (Å²) >= 11 is 6.83. The molecule has 4 amide bonds. The molecule has 0 aromatic heterocycles. The number of anilines is 1. The summed E-state index contributed by atoms with van der Waals surface area (Å²) in [6.45, 7) is 3.93. The van der Waals surface area contributed by atoms with Gasteiger partial charge in [-0.05, 0) is 79.9 Å². The normalized spacial score (nSPS) is 15.2. The first-order chi connectivity index (χ1) is 14.3. The van der Waals surface area contributed by atoms with E-state index in [1.165, 1.54) is 13.2 Å². The fraction of sp³-hybridized carbons (Fsp3) is 0.0952. The lowest BCUT2D eigenvalue weighted by atomic mass is 10.1. The predicted octanol–water partition coefficient (Wildman–Crippen LogP) is 4.45. The summed E-state index contributed by atoms with van der Waals surface area (Å²) in [5, 5.41) is 2.19. The maximum absolute atomic E-state index is 13.0. The molecule has 0 spiro atoms. The monoisotopic (exact) mass is 534 g/mol. The summed E-state index contributed by atoms with van der Waals surface area (Å²) in [6.07, 6.45) is 3.03. The van der Waals surface area contributed by atoms with Gasteiger partial charge in [-0.15, -0.1) is 0 Å².